The van der Waals surface area contributed by atoms with E-state index in [1.807, 2.05) is 360 Å². The summed E-state index contributed by atoms with van der Waals surface area (Å²) in [4.78, 5) is 0. The number of rotatable bonds is 24. The molecule has 0 heterocycles. The van der Waals surface area contributed by atoms with Gasteiger partial charge in [0.1, 0.15) is 0 Å². The molecule has 0 aliphatic heterocycles. The first-order valence-corrected chi connectivity index (χ1v) is 36.8. The largest absolute Gasteiger partial charge is 4.00 e. The molecule has 0 fully saturated rings. The van der Waals surface area contributed by atoms with E-state index in [2.05, 4.69) is 0 Å². The Morgan fingerprint density at radius 1 is 0.173 bits per heavy atom. The van der Waals surface area contributed by atoms with Crippen LogP contribution in [0.5, 0.6) is 0 Å². The summed E-state index contributed by atoms with van der Waals surface area (Å²) in [5.41, 5.74) is 7.27. The summed E-state index contributed by atoms with van der Waals surface area (Å²) >= 11 is 0. The maximum Gasteiger partial charge on any atom is 4.00 e. The van der Waals surface area contributed by atoms with Crippen LogP contribution in [0, 0.1) is 125 Å². The fraction of sp³-hybridized carbons (Fsp3) is 0.455. The van der Waals surface area contributed by atoms with Crippen molar-refractivity contribution in [2.75, 3.05) is 40.5 Å². The average molecular weight is 1760 g/mol. The summed E-state index contributed by atoms with van der Waals surface area (Å²) in [6.45, 7) is 47.5. The first-order valence-electron chi connectivity index (χ1n) is 36.8. The Balaban J connectivity index is 0.000000378. The molecule has 0 N–H and O–H groups in total. The molecule has 22 heteroatoms. The summed E-state index contributed by atoms with van der Waals surface area (Å²) in [5.74, 6) is 0. The Morgan fingerprint density at radius 3 is 0.336 bits per heavy atom. The summed E-state index contributed by atoms with van der Waals surface area (Å²) in [5, 5.41) is 109. The predicted octanol–water partition coefficient (Wildman–Crippen LogP) is 22.4. The molecule has 0 radical (unpaired) electrons. The molecular weight excluding hydrogens is 1640 g/mol. The predicted molar refractivity (Wildman–Crippen MR) is 450 cm³/mol. The molecule has 0 saturated heterocycles. The second-order valence-electron chi connectivity index (χ2n) is 34.7. The van der Waals surface area contributed by atoms with E-state index < -0.39 is 44.3 Å². The van der Waals surface area contributed by atoms with Gasteiger partial charge in [0.15, 0.2) is 0 Å². The zero-order chi connectivity index (χ0) is 81.0. The number of hydrogen-bond acceptors (Lipinski definition) is 20. The Kier molecular flexibility index (Phi) is 38.8. The molecule has 0 bridgehead atoms. The fourth-order valence-electron chi connectivity index (χ4n) is 10.6. The Morgan fingerprint density at radius 2 is 0.255 bits per heavy atom. The van der Waals surface area contributed by atoms with Gasteiger partial charge in [-0.3, -0.25) is 0 Å². The molecule has 0 saturated carbocycles. The summed E-state index contributed by atoms with van der Waals surface area (Å²) in [7, 11) is 0. The van der Waals surface area contributed by atoms with Gasteiger partial charge in [-0.25, -0.2) is 0 Å². The van der Waals surface area contributed by atoms with E-state index >= 15 is 0 Å². The number of hydrogen-bond donors (Lipinski definition) is 0. The quantitative estimate of drug-likeness (QED) is 0.0510. The Hall–Kier alpha value is -5.57. The molecule has 0 amide bonds. The number of benzene rings is 8. The van der Waals surface area contributed by atoms with Crippen molar-refractivity contribution in [2.24, 2.45) is 0 Å². The van der Waals surface area contributed by atoms with Crippen LogP contribution >= 0.6 is 0 Å². The van der Waals surface area contributed by atoms with Gasteiger partial charge in [-0.15, -0.1) is 0 Å². The maximum absolute atomic E-state index is 12.6. The fourth-order valence-corrected chi connectivity index (χ4v) is 10.6. The summed E-state index contributed by atoms with van der Waals surface area (Å²) in [6, 6.07) is 59.6. The van der Waals surface area contributed by atoms with Gasteiger partial charge in [-0.1, -0.05) is 146 Å². The van der Waals surface area contributed by atoms with Gasteiger partial charge in [0.25, 0.3) is 0 Å². The van der Waals surface area contributed by atoms with Crippen LogP contribution in [0.1, 0.15) is 211 Å². The number of para-hydroxylation sites is 8. The Labute approximate surface area is 725 Å². The number of anilines is 8. The van der Waals surface area contributed by atoms with Crippen molar-refractivity contribution >= 4 is 45.5 Å². The topological polar surface area (TPSA) is 247 Å². The van der Waals surface area contributed by atoms with Crippen molar-refractivity contribution in [2.45, 2.75) is 263 Å². The van der Waals surface area contributed by atoms with E-state index in [1.54, 1.807) is 0 Å². The van der Waals surface area contributed by atoms with Crippen LogP contribution in [0.25, 0.3) is 0 Å². The van der Waals surface area contributed by atoms with Gasteiger partial charge in [0.2, 0.25) is 0 Å². The van der Waals surface area contributed by atoms with E-state index in [9.17, 15) is 41.7 Å². The number of nitrogens with zero attached hydrogens (tertiary/aromatic N) is 8. The molecule has 592 valence electrons. The second-order valence-corrected chi connectivity index (χ2v) is 34.7. The van der Waals surface area contributed by atoms with E-state index in [-0.39, 0.29) is 83.5 Å². The maximum atomic E-state index is 12.6. The minimum Gasteiger partial charge on any atom is -0.758 e. The van der Waals surface area contributed by atoms with E-state index in [0.29, 0.717) is 98.4 Å². The van der Waals surface area contributed by atoms with Gasteiger partial charge < -0.3 is 101 Å². The average Bonchev–Trinajstić information content (AvgIpc) is 0.846. The smallest absolute Gasteiger partial charge is 0.758 e. The summed E-state index contributed by atoms with van der Waals surface area (Å²) < 4.78 is 23.5. The molecule has 0 aliphatic carbocycles. The summed E-state index contributed by atoms with van der Waals surface area (Å²) in [6.07, 6.45) is 0. The molecule has 0 aromatic heterocycles. The van der Waals surface area contributed by atoms with Crippen molar-refractivity contribution < 1.29 is 102 Å². The van der Waals surface area contributed by atoms with Crippen LogP contribution in [0.15, 0.2) is 194 Å². The van der Waals surface area contributed by atoms with Gasteiger partial charge >= 0.3 is 83.5 Å². The molecule has 0 unspecified atom stereocenters. The van der Waals surface area contributed by atoms with Gasteiger partial charge in [-0.2, -0.15) is 0 Å². The minimum absolute atomic E-state index is 0. The van der Waals surface area contributed by atoms with Crippen LogP contribution in [0.2, 0.25) is 0 Å². The van der Waals surface area contributed by atoms with Crippen LogP contribution < -0.4 is 40.5 Å². The SMILES string of the molecule is CC(C)(C)N([O-])c1ccccc1COCc1ccccc1N([O-])C(C)(C)C.CC(C)(C)N([O-])c1ccccc1COCc1ccccc1N([O-])C(C)(C)C.CC(C)(C)N([O-])c1ccccc1COCc1ccccc1N([O-])C(C)(C)C.CC(C)(C)N([O-])c1ccccc1COCc1ccccc1N([O-])C(C)(C)C.[Ce+4].[Ce+4]. The normalized spacial score (nSPS) is 11.9. The van der Waals surface area contributed by atoms with Crippen LogP contribution in [0.4, 0.5) is 45.5 Å². The third-order valence-corrected chi connectivity index (χ3v) is 16.6. The number of ether oxygens (including phenoxy) is 4. The van der Waals surface area contributed by atoms with Gasteiger partial charge in [-0.05, 0) is 215 Å². The van der Waals surface area contributed by atoms with E-state index in [0.717, 1.165) is 85.0 Å². The molecule has 0 spiro atoms. The van der Waals surface area contributed by atoms with E-state index in [1.165, 1.54) is 0 Å². The number of hydroxylamine groups is 8. The zero-order valence-electron chi connectivity index (χ0n) is 69.6. The molecule has 20 nitrogen and oxygen atoms in total. The molecule has 0 atom stereocenters. The van der Waals surface area contributed by atoms with Crippen LogP contribution in [-0.4, -0.2) is 44.3 Å². The van der Waals surface area contributed by atoms with Crippen molar-refractivity contribution in [3.63, 3.8) is 0 Å². The van der Waals surface area contributed by atoms with Crippen LogP contribution in [0.3, 0.4) is 0 Å². The van der Waals surface area contributed by atoms with Crippen molar-refractivity contribution in [1.29, 1.82) is 0 Å². The van der Waals surface area contributed by atoms with Crippen LogP contribution in [-0.2, 0) is 71.8 Å². The molecular formula is C88H120Ce2N8O12. The molecule has 8 aromatic carbocycles. The molecule has 0 aliphatic rings. The van der Waals surface area contributed by atoms with Gasteiger partial charge in [0.05, 0.1) is 52.9 Å². The minimum atomic E-state index is -0.529. The zero-order valence-corrected chi connectivity index (χ0v) is 75.9. The third-order valence-electron chi connectivity index (χ3n) is 16.6. The van der Waals surface area contributed by atoms with Gasteiger partial charge in [0, 0.05) is 134 Å². The van der Waals surface area contributed by atoms with Crippen molar-refractivity contribution in [3.05, 3.63) is 280 Å². The Bertz CT molecular complexity index is 3270. The van der Waals surface area contributed by atoms with Crippen molar-refractivity contribution in [1.82, 2.24) is 0 Å². The third kappa shape index (κ3) is 30.3. The second kappa shape index (κ2) is 43.2. The first kappa shape index (κ1) is 98.6. The van der Waals surface area contributed by atoms with Crippen molar-refractivity contribution in [3.8, 4) is 0 Å². The molecule has 8 aromatic rings. The van der Waals surface area contributed by atoms with E-state index in [4.69, 9.17) is 18.9 Å². The monoisotopic (exact) mass is 1760 g/mol. The first-order chi connectivity index (χ1) is 50.1. The molecule has 8 rings (SSSR count). The standard InChI is InChI=1S/4C22H30N2O3.2Ce/c4*1-21(2,3)23(25)19-13-9-7-11-17(19)15-27-16-18-12-8-10-14-20(18)24(26)22(4,5)6;;/h4*7-14H,15-16H2,1-6H3;;/q4*-2;2*+4. The molecule has 110 heavy (non-hydrogen) atoms.